The first-order chi connectivity index (χ1) is 12.0. The lowest BCUT2D eigenvalue weighted by Gasteiger charge is -2.35. The average Bonchev–Trinajstić information content (AvgIpc) is 2.58. The van der Waals surface area contributed by atoms with Crippen molar-refractivity contribution in [1.82, 2.24) is 10.2 Å². The van der Waals surface area contributed by atoms with E-state index >= 15 is 0 Å². The number of carbonyl (C=O) groups is 1. The highest BCUT2D eigenvalue weighted by Crippen LogP contribution is 2.14. The summed E-state index contributed by atoms with van der Waals surface area (Å²) in [6.07, 6.45) is 2.72. The molecule has 0 radical (unpaired) electrons. The lowest BCUT2D eigenvalue weighted by molar-refractivity contribution is 0.0124. The Kier molecular flexibility index (Phi) is 8.06. The van der Waals surface area contributed by atoms with Crippen molar-refractivity contribution in [2.75, 3.05) is 39.1 Å². The standard InChI is InChI=1S/C19H30N2O3S/c1-15(2)11-18(21-7-9-24-10-8-21)13-20-19(22)17-6-4-5-16(12-17)14-25(3)23/h4-6,12,15,18H,7-11,13-14H2,1-3H3,(H,20,22). The van der Waals surface area contributed by atoms with Gasteiger partial charge in [-0.05, 0) is 30.0 Å². The van der Waals surface area contributed by atoms with Crippen LogP contribution in [0.15, 0.2) is 24.3 Å². The number of carbonyl (C=O) groups excluding carboxylic acids is 1. The molecule has 140 valence electrons. The number of benzene rings is 1. The lowest BCUT2D eigenvalue weighted by atomic mass is 10.0. The molecule has 5 nitrogen and oxygen atoms in total. The fourth-order valence-corrected chi connectivity index (χ4v) is 3.85. The summed E-state index contributed by atoms with van der Waals surface area (Å²) in [5.41, 5.74) is 1.56. The molecule has 2 rings (SSSR count). The van der Waals surface area contributed by atoms with Gasteiger partial charge in [0.05, 0.1) is 13.2 Å². The third-order valence-electron chi connectivity index (χ3n) is 4.36. The van der Waals surface area contributed by atoms with Gasteiger partial charge in [0, 0.05) is 54.0 Å². The second-order valence-corrected chi connectivity index (χ2v) is 8.49. The van der Waals surface area contributed by atoms with Crippen molar-refractivity contribution in [3.63, 3.8) is 0 Å². The summed E-state index contributed by atoms with van der Waals surface area (Å²) < 4.78 is 16.8. The molecule has 1 aliphatic heterocycles. The Labute approximate surface area is 153 Å². The summed E-state index contributed by atoms with van der Waals surface area (Å²) in [6.45, 7) is 8.43. The number of rotatable bonds is 8. The molecule has 1 amide bonds. The number of nitrogens with zero attached hydrogens (tertiary/aromatic N) is 1. The summed E-state index contributed by atoms with van der Waals surface area (Å²) in [4.78, 5) is 14.9. The van der Waals surface area contributed by atoms with E-state index in [1.165, 1.54) is 0 Å². The molecule has 6 heteroatoms. The Morgan fingerprint density at radius 2 is 2.04 bits per heavy atom. The Balaban J connectivity index is 1.96. The molecule has 0 aliphatic carbocycles. The molecule has 25 heavy (non-hydrogen) atoms. The molecule has 1 saturated heterocycles. The van der Waals surface area contributed by atoms with Gasteiger partial charge in [-0.1, -0.05) is 26.0 Å². The van der Waals surface area contributed by atoms with Crippen LogP contribution < -0.4 is 5.32 Å². The Morgan fingerprint density at radius 3 is 2.68 bits per heavy atom. The van der Waals surface area contributed by atoms with Gasteiger partial charge < -0.3 is 10.1 Å². The summed E-state index contributed by atoms with van der Waals surface area (Å²) in [5.74, 6) is 0.989. The van der Waals surface area contributed by atoms with Crippen LogP contribution in [0.3, 0.4) is 0 Å². The minimum absolute atomic E-state index is 0.0641. The van der Waals surface area contributed by atoms with Gasteiger partial charge in [-0.3, -0.25) is 13.9 Å². The third kappa shape index (κ3) is 6.88. The van der Waals surface area contributed by atoms with E-state index in [0.717, 1.165) is 38.3 Å². The highest BCUT2D eigenvalue weighted by Gasteiger charge is 2.22. The molecule has 0 aromatic heterocycles. The predicted molar refractivity (Wildman–Crippen MR) is 102 cm³/mol. The van der Waals surface area contributed by atoms with E-state index in [2.05, 4.69) is 24.1 Å². The molecule has 1 N–H and O–H groups in total. The van der Waals surface area contributed by atoms with Crippen LogP contribution in [-0.4, -0.2) is 60.2 Å². The first kappa shape index (κ1) is 20.1. The van der Waals surface area contributed by atoms with E-state index in [0.29, 0.717) is 29.8 Å². The quantitative estimate of drug-likeness (QED) is 0.765. The second kappa shape index (κ2) is 10.0. The maximum Gasteiger partial charge on any atom is 0.251 e. The second-order valence-electron chi connectivity index (χ2n) is 7.06. The van der Waals surface area contributed by atoms with Crippen LogP contribution in [0.1, 0.15) is 36.2 Å². The van der Waals surface area contributed by atoms with E-state index < -0.39 is 10.8 Å². The third-order valence-corrected chi connectivity index (χ3v) is 5.10. The van der Waals surface area contributed by atoms with Gasteiger partial charge in [0.15, 0.2) is 0 Å². The summed E-state index contributed by atoms with van der Waals surface area (Å²) in [7, 11) is -0.909. The molecular formula is C19H30N2O3S. The van der Waals surface area contributed by atoms with Crippen LogP contribution in [0.5, 0.6) is 0 Å². The zero-order valence-electron chi connectivity index (χ0n) is 15.5. The van der Waals surface area contributed by atoms with Gasteiger partial charge in [-0.25, -0.2) is 0 Å². The van der Waals surface area contributed by atoms with Crippen molar-refractivity contribution in [3.8, 4) is 0 Å². The van der Waals surface area contributed by atoms with Crippen LogP contribution in [0.25, 0.3) is 0 Å². The first-order valence-electron chi connectivity index (χ1n) is 8.94. The zero-order chi connectivity index (χ0) is 18.2. The average molecular weight is 367 g/mol. The highest BCUT2D eigenvalue weighted by atomic mass is 32.2. The van der Waals surface area contributed by atoms with Crippen molar-refractivity contribution in [3.05, 3.63) is 35.4 Å². The molecule has 1 fully saturated rings. The molecule has 0 spiro atoms. The number of hydrogen-bond donors (Lipinski definition) is 1. The van der Waals surface area contributed by atoms with Crippen molar-refractivity contribution >= 4 is 16.7 Å². The normalized spacial score (nSPS) is 18.1. The van der Waals surface area contributed by atoms with Crippen LogP contribution in [0.2, 0.25) is 0 Å². The SMILES string of the molecule is CC(C)CC(CNC(=O)c1cccc(CS(C)=O)c1)N1CCOCC1. The minimum atomic E-state index is -0.909. The van der Waals surface area contributed by atoms with Gasteiger partial charge in [0.25, 0.3) is 5.91 Å². The van der Waals surface area contributed by atoms with Crippen molar-refractivity contribution in [2.45, 2.75) is 32.1 Å². The largest absolute Gasteiger partial charge is 0.379 e. The highest BCUT2D eigenvalue weighted by molar-refractivity contribution is 7.83. The predicted octanol–water partition coefficient (Wildman–Crippen LogP) is 2.04. The fourth-order valence-electron chi connectivity index (χ4n) is 3.20. The molecule has 1 heterocycles. The van der Waals surface area contributed by atoms with Crippen LogP contribution in [0, 0.1) is 5.92 Å². The number of morpholine rings is 1. The molecule has 1 aromatic rings. The molecule has 0 bridgehead atoms. The molecule has 0 saturated carbocycles. The van der Waals surface area contributed by atoms with E-state index in [9.17, 15) is 9.00 Å². The number of nitrogens with one attached hydrogen (secondary N) is 1. The van der Waals surface area contributed by atoms with Crippen LogP contribution >= 0.6 is 0 Å². The maximum absolute atomic E-state index is 12.5. The zero-order valence-corrected chi connectivity index (χ0v) is 16.3. The molecule has 1 aliphatic rings. The Bertz CT molecular complexity index is 586. The van der Waals surface area contributed by atoms with Crippen molar-refractivity contribution in [1.29, 1.82) is 0 Å². The van der Waals surface area contributed by atoms with Gasteiger partial charge in [0.1, 0.15) is 0 Å². The van der Waals surface area contributed by atoms with Gasteiger partial charge in [-0.2, -0.15) is 0 Å². The van der Waals surface area contributed by atoms with Gasteiger partial charge in [0.2, 0.25) is 0 Å². The molecule has 2 atom stereocenters. The molecular weight excluding hydrogens is 336 g/mol. The van der Waals surface area contributed by atoms with Crippen LogP contribution in [-0.2, 0) is 21.3 Å². The van der Waals surface area contributed by atoms with E-state index in [4.69, 9.17) is 4.74 Å². The molecule has 2 unspecified atom stereocenters. The van der Waals surface area contributed by atoms with E-state index in [1.54, 1.807) is 6.26 Å². The minimum Gasteiger partial charge on any atom is -0.379 e. The maximum atomic E-state index is 12.5. The van der Waals surface area contributed by atoms with E-state index in [1.807, 2.05) is 24.3 Å². The number of amides is 1. The summed E-state index contributed by atoms with van der Waals surface area (Å²) in [6, 6.07) is 7.74. The first-order valence-corrected chi connectivity index (χ1v) is 10.7. The number of hydrogen-bond acceptors (Lipinski definition) is 4. The monoisotopic (exact) mass is 366 g/mol. The Morgan fingerprint density at radius 1 is 1.32 bits per heavy atom. The topological polar surface area (TPSA) is 58.6 Å². The lowest BCUT2D eigenvalue weighted by Crippen LogP contribution is -2.49. The van der Waals surface area contributed by atoms with Crippen molar-refractivity contribution < 1.29 is 13.7 Å². The van der Waals surface area contributed by atoms with Gasteiger partial charge >= 0.3 is 0 Å². The summed E-state index contributed by atoms with van der Waals surface area (Å²) in [5, 5.41) is 3.08. The fraction of sp³-hybridized carbons (Fsp3) is 0.632. The van der Waals surface area contributed by atoms with E-state index in [-0.39, 0.29) is 5.91 Å². The molecule has 1 aromatic carbocycles. The van der Waals surface area contributed by atoms with Crippen LogP contribution in [0.4, 0.5) is 0 Å². The number of ether oxygens (including phenoxy) is 1. The summed E-state index contributed by atoms with van der Waals surface area (Å²) >= 11 is 0. The van der Waals surface area contributed by atoms with Crippen molar-refractivity contribution in [2.24, 2.45) is 5.92 Å². The Hall–Kier alpha value is -1.24. The smallest absolute Gasteiger partial charge is 0.251 e. The van der Waals surface area contributed by atoms with Gasteiger partial charge in [-0.15, -0.1) is 0 Å².